The van der Waals surface area contributed by atoms with E-state index in [1.807, 2.05) is 12.5 Å². The van der Waals surface area contributed by atoms with E-state index in [0.717, 1.165) is 42.4 Å². The zero-order valence-electron chi connectivity index (χ0n) is 12.2. The molecule has 0 saturated heterocycles. The number of aryl methyl sites for hydroxylation is 1. The lowest BCUT2D eigenvalue weighted by Crippen LogP contribution is -2.06. The molecule has 0 bridgehead atoms. The molecule has 0 aliphatic rings. The molecular formula is C14H23N5. The van der Waals surface area contributed by atoms with E-state index in [1.165, 1.54) is 0 Å². The van der Waals surface area contributed by atoms with Crippen LogP contribution in [0.4, 0.5) is 5.82 Å². The Kier molecular flexibility index (Phi) is 3.93. The van der Waals surface area contributed by atoms with E-state index in [9.17, 15) is 0 Å². The second kappa shape index (κ2) is 5.47. The average Bonchev–Trinajstić information content (AvgIpc) is 2.94. The van der Waals surface area contributed by atoms with Gasteiger partial charge in [0, 0.05) is 19.0 Å². The molecule has 0 aliphatic heterocycles. The van der Waals surface area contributed by atoms with Crippen molar-refractivity contribution < 1.29 is 0 Å². The molecule has 0 unspecified atom stereocenters. The summed E-state index contributed by atoms with van der Waals surface area (Å²) in [4.78, 5) is 8.96. The first-order valence-corrected chi connectivity index (χ1v) is 6.97. The Hall–Kier alpha value is -1.78. The van der Waals surface area contributed by atoms with E-state index in [1.54, 1.807) is 0 Å². The largest absolute Gasteiger partial charge is 0.383 e. The zero-order valence-corrected chi connectivity index (χ0v) is 12.2. The first-order valence-electron chi connectivity index (χ1n) is 6.97. The number of imidazole rings is 2. The molecular weight excluding hydrogens is 238 g/mol. The number of hydrogen-bond donors (Lipinski definition) is 1. The Labute approximate surface area is 114 Å². The molecule has 2 rings (SSSR count). The normalized spacial score (nSPS) is 11.4. The molecule has 0 fully saturated rings. The Bertz CT molecular complexity index is 550. The third-order valence-electron chi connectivity index (χ3n) is 3.34. The molecule has 0 atom stereocenters. The molecule has 0 radical (unpaired) electrons. The van der Waals surface area contributed by atoms with Crippen molar-refractivity contribution in [1.29, 1.82) is 0 Å². The van der Waals surface area contributed by atoms with Crippen LogP contribution in [0.5, 0.6) is 0 Å². The van der Waals surface area contributed by atoms with Gasteiger partial charge < -0.3 is 14.9 Å². The topological polar surface area (TPSA) is 61.7 Å². The van der Waals surface area contributed by atoms with Crippen LogP contribution in [0, 0.1) is 0 Å². The minimum absolute atomic E-state index is 0.346. The molecule has 2 N–H and O–H groups in total. The van der Waals surface area contributed by atoms with Crippen LogP contribution in [0.25, 0.3) is 11.4 Å². The number of hydrogen-bond acceptors (Lipinski definition) is 3. The molecule has 2 heterocycles. The van der Waals surface area contributed by atoms with Crippen molar-refractivity contribution >= 4 is 5.82 Å². The number of rotatable bonds is 5. The summed E-state index contributed by atoms with van der Waals surface area (Å²) in [6.07, 6.45) is 5.70. The summed E-state index contributed by atoms with van der Waals surface area (Å²) in [7, 11) is 0. The lowest BCUT2D eigenvalue weighted by molar-refractivity contribution is 0.604. The van der Waals surface area contributed by atoms with Crippen molar-refractivity contribution in [3.8, 4) is 11.4 Å². The van der Waals surface area contributed by atoms with E-state index >= 15 is 0 Å². The molecule has 0 amide bonds. The maximum atomic E-state index is 6.26. The Morgan fingerprint density at radius 2 is 2.05 bits per heavy atom. The van der Waals surface area contributed by atoms with Crippen LogP contribution < -0.4 is 5.73 Å². The van der Waals surface area contributed by atoms with E-state index < -0.39 is 0 Å². The van der Waals surface area contributed by atoms with Gasteiger partial charge in [0.05, 0.1) is 18.2 Å². The molecule has 2 aromatic heterocycles. The predicted octanol–water partition coefficient (Wildman–Crippen LogP) is 2.88. The molecule has 0 aliphatic carbocycles. The second-order valence-electron chi connectivity index (χ2n) is 5.04. The summed E-state index contributed by atoms with van der Waals surface area (Å²) >= 11 is 0. The monoisotopic (exact) mass is 261 g/mol. The lowest BCUT2D eigenvalue weighted by Gasteiger charge is -2.10. The Morgan fingerprint density at radius 1 is 1.32 bits per heavy atom. The summed E-state index contributed by atoms with van der Waals surface area (Å²) in [5.41, 5.74) is 8.12. The smallest absolute Gasteiger partial charge is 0.133 e. The highest BCUT2D eigenvalue weighted by Gasteiger charge is 2.18. The maximum absolute atomic E-state index is 6.26. The standard InChI is InChI=1S/C14H23N5/c1-5-7-12-17-13(14(15)18(12)6-2)11-8-16-9-19(11)10(3)4/h8-10H,5-7,15H2,1-4H3. The quantitative estimate of drug-likeness (QED) is 0.900. The van der Waals surface area contributed by atoms with E-state index in [2.05, 4.69) is 41.8 Å². The van der Waals surface area contributed by atoms with Gasteiger partial charge in [0.15, 0.2) is 0 Å². The highest BCUT2D eigenvalue weighted by molar-refractivity contribution is 5.68. The van der Waals surface area contributed by atoms with Crippen molar-refractivity contribution in [3.63, 3.8) is 0 Å². The predicted molar refractivity (Wildman–Crippen MR) is 77.9 cm³/mol. The fourth-order valence-corrected chi connectivity index (χ4v) is 2.37. The van der Waals surface area contributed by atoms with Crippen molar-refractivity contribution in [2.75, 3.05) is 5.73 Å². The van der Waals surface area contributed by atoms with Crippen molar-refractivity contribution in [1.82, 2.24) is 19.1 Å². The second-order valence-corrected chi connectivity index (χ2v) is 5.04. The Morgan fingerprint density at radius 3 is 2.63 bits per heavy atom. The highest BCUT2D eigenvalue weighted by atomic mass is 15.2. The van der Waals surface area contributed by atoms with Gasteiger partial charge >= 0.3 is 0 Å². The van der Waals surface area contributed by atoms with Crippen molar-refractivity contribution in [2.24, 2.45) is 0 Å². The van der Waals surface area contributed by atoms with Gasteiger partial charge in [-0.1, -0.05) is 6.92 Å². The SMILES string of the molecule is CCCc1nc(-c2cncn2C(C)C)c(N)n1CC. The molecule has 5 nitrogen and oxygen atoms in total. The summed E-state index contributed by atoms with van der Waals surface area (Å²) in [6.45, 7) is 9.36. The molecule has 0 spiro atoms. The van der Waals surface area contributed by atoms with E-state index in [0.29, 0.717) is 6.04 Å². The van der Waals surface area contributed by atoms with Gasteiger partial charge in [-0.2, -0.15) is 0 Å². The minimum atomic E-state index is 0.346. The van der Waals surface area contributed by atoms with Crippen LogP contribution >= 0.6 is 0 Å². The minimum Gasteiger partial charge on any atom is -0.383 e. The third kappa shape index (κ3) is 2.37. The summed E-state index contributed by atoms with van der Waals surface area (Å²) in [6, 6.07) is 0.346. The maximum Gasteiger partial charge on any atom is 0.133 e. The number of anilines is 1. The fourth-order valence-electron chi connectivity index (χ4n) is 2.37. The van der Waals surface area contributed by atoms with Crippen LogP contribution in [-0.4, -0.2) is 19.1 Å². The van der Waals surface area contributed by atoms with Crippen LogP contribution in [-0.2, 0) is 13.0 Å². The molecule has 5 heteroatoms. The number of aromatic nitrogens is 4. The van der Waals surface area contributed by atoms with Crippen molar-refractivity contribution in [3.05, 3.63) is 18.3 Å². The van der Waals surface area contributed by atoms with Crippen LogP contribution in [0.15, 0.2) is 12.5 Å². The van der Waals surface area contributed by atoms with Gasteiger partial charge in [-0.3, -0.25) is 0 Å². The van der Waals surface area contributed by atoms with Gasteiger partial charge in [0.2, 0.25) is 0 Å². The van der Waals surface area contributed by atoms with Crippen molar-refractivity contribution in [2.45, 2.75) is 53.1 Å². The van der Waals surface area contributed by atoms with Gasteiger partial charge in [0.25, 0.3) is 0 Å². The Balaban J connectivity index is 2.53. The first-order chi connectivity index (χ1) is 9.10. The van der Waals surface area contributed by atoms with Gasteiger partial charge in [-0.05, 0) is 27.2 Å². The summed E-state index contributed by atoms with van der Waals surface area (Å²) < 4.78 is 4.20. The van der Waals surface area contributed by atoms with Gasteiger partial charge in [0.1, 0.15) is 17.3 Å². The van der Waals surface area contributed by atoms with Gasteiger partial charge in [-0.25, -0.2) is 9.97 Å². The molecule has 0 aromatic carbocycles. The van der Waals surface area contributed by atoms with Crippen LogP contribution in [0.3, 0.4) is 0 Å². The third-order valence-corrected chi connectivity index (χ3v) is 3.34. The van der Waals surface area contributed by atoms with Crippen LogP contribution in [0.2, 0.25) is 0 Å². The number of nitrogens with two attached hydrogens (primary N) is 1. The lowest BCUT2D eigenvalue weighted by atomic mass is 10.3. The molecule has 104 valence electrons. The van der Waals surface area contributed by atoms with Gasteiger partial charge in [-0.15, -0.1) is 0 Å². The number of nitrogen functional groups attached to an aromatic ring is 1. The fraction of sp³-hybridized carbons (Fsp3) is 0.571. The average molecular weight is 261 g/mol. The highest BCUT2D eigenvalue weighted by Crippen LogP contribution is 2.28. The first kappa shape index (κ1) is 13.6. The van der Waals surface area contributed by atoms with Crippen LogP contribution in [0.1, 0.15) is 46.0 Å². The number of nitrogens with zero attached hydrogens (tertiary/aromatic N) is 4. The summed E-state index contributed by atoms with van der Waals surface area (Å²) in [5.74, 6) is 1.81. The van der Waals surface area contributed by atoms with E-state index in [-0.39, 0.29) is 0 Å². The molecule has 19 heavy (non-hydrogen) atoms. The van der Waals surface area contributed by atoms with E-state index in [4.69, 9.17) is 10.7 Å². The zero-order chi connectivity index (χ0) is 14.0. The molecule has 2 aromatic rings. The summed E-state index contributed by atoms with van der Waals surface area (Å²) in [5, 5.41) is 0. The molecule has 0 saturated carbocycles.